The van der Waals surface area contributed by atoms with Gasteiger partial charge in [-0.3, -0.25) is 14.9 Å². The molecule has 3 aromatic carbocycles. The smallest absolute Gasteiger partial charge is 0.251 e. The van der Waals surface area contributed by atoms with E-state index in [0.717, 1.165) is 15.6 Å². The molecule has 0 aliphatic rings. The third-order valence-corrected chi connectivity index (χ3v) is 6.43. The maximum absolute atomic E-state index is 13.1. The summed E-state index contributed by atoms with van der Waals surface area (Å²) in [6.07, 6.45) is 0.331. The van der Waals surface area contributed by atoms with Crippen molar-refractivity contribution < 1.29 is 9.59 Å². The summed E-state index contributed by atoms with van der Waals surface area (Å²) in [5.41, 5.74) is 2.24. The van der Waals surface area contributed by atoms with Gasteiger partial charge < -0.3 is 5.32 Å². The first kappa shape index (κ1) is 23.1. The van der Waals surface area contributed by atoms with Gasteiger partial charge in [-0.2, -0.15) is 0 Å². The highest BCUT2D eigenvalue weighted by molar-refractivity contribution is 9.10. The van der Waals surface area contributed by atoms with Gasteiger partial charge in [-0.25, -0.2) is 0 Å². The normalized spacial score (nSPS) is 11.6. The van der Waals surface area contributed by atoms with Gasteiger partial charge in [-0.05, 0) is 42.0 Å². The van der Waals surface area contributed by atoms with E-state index in [0.29, 0.717) is 27.1 Å². The minimum atomic E-state index is -0.800. The van der Waals surface area contributed by atoms with E-state index >= 15 is 0 Å². The molecular formula is C24H18BrClN4O2S. The largest absolute Gasteiger partial charge is 0.340 e. The second-order valence-electron chi connectivity index (χ2n) is 7.13. The number of amides is 2. The number of halogens is 2. The molecule has 0 saturated carbocycles. The zero-order chi connectivity index (χ0) is 23.2. The van der Waals surface area contributed by atoms with Crippen molar-refractivity contribution in [3.63, 3.8) is 0 Å². The average Bonchev–Trinajstić information content (AvgIpc) is 3.28. The van der Waals surface area contributed by atoms with Crippen LogP contribution in [0.4, 0.5) is 5.13 Å². The molecule has 0 spiro atoms. The van der Waals surface area contributed by atoms with E-state index in [1.807, 2.05) is 42.5 Å². The number of hydrogen-bond acceptors (Lipinski definition) is 5. The number of anilines is 1. The molecule has 2 N–H and O–H groups in total. The third kappa shape index (κ3) is 6.25. The third-order valence-electron chi connectivity index (χ3n) is 4.76. The van der Waals surface area contributed by atoms with Crippen molar-refractivity contribution in [2.75, 3.05) is 5.32 Å². The molecule has 0 saturated heterocycles. The molecule has 1 atom stereocenters. The molecule has 9 heteroatoms. The first-order valence-electron chi connectivity index (χ1n) is 9.98. The zero-order valence-electron chi connectivity index (χ0n) is 17.2. The molecule has 1 aromatic heterocycles. The molecule has 4 aromatic rings. The van der Waals surface area contributed by atoms with Gasteiger partial charge in [0.05, 0.1) is 0 Å². The molecule has 0 aliphatic carbocycles. The van der Waals surface area contributed by atoms with Crippen LogP contribution in [0.25, 0.3) is 10.6 Å². The van der Waals surface area contributed by atoms with Crippen LogP contribution in [-0.4, -0.2) is 28.1 Å². The van der Waals surface area contributed by atoms with Crippen molar-refractivity contribution in [2.45, 2.75) is 12.5 Å². The van der Waals surface area contributed by atoms with Crippen molar-refractivity contribution in [1.29, 1.82) is 0 Å². The fourth-order valence-corrected chi connectivity index (χ4v) is 4.22. The number of aromatic nitrogens is 2. The van der Waals surface area contributed by atoms with Gasteiger partial charge in [-0.1, -0.05) is 81.3 Å². The first-order valence-corrected chi connectivity index (χ1v) is 12.0. The van der Waals surface area contributed by atoms with Gasteiger partial charge in [0.25, 0.3) is 5.91 Å². The van der Waals surface area contributed by atoms with Crippen LogP contribution in [0.15, 0.2) is 83.3 Å². The monoisotopic (exact) mass is 540 g/mol. The minimum Gasteiger partial charge on any atom is -0.340 e. The Morgan fingerprint density at radius 2 is 1.64 bits per heavy atom. The second kappa shape index (κ2) is 10.7. The Morgan fingerprint density at radius 1 is 0.939 bits per heavy atom. The van der Waals surface area contributed by atoms with Crippen LogP contribution < -0.4 is 10.6 Å². The molecule has 166 valence electrons. The first-order chi connectivity index (χ1) is 16.0. The van der Waals surface area contributed by atoms with Crippen LogP contribution in [0, 0.1) is 0 Å². The number of nitrogens with zero attached hydrogens (tertiary/aromatic N) is 2. The van der Waals surface area contributed by atoms with E-state index < -0.39 is 6.04 Å². The van der Waals surface area contributed by atoms with Crippen LogP contribution >= 0.6 is 38.9 Å². The number of hydrogen-bond donors (Lipinski definition) is 2. The van der Waals surface area contributed by atoms with Crippen LogP contribution in [0.1, 0.15) is 15.9 Å². The quantitative estimate of drug-likeness (QED) is 0.319. The molecule has 6 nitrogen and oxygen atoms in total. The standard InChI is InChI=1S/C24H18BrClN4O2S/c25-18-10-6-16(7-11-18)21(31)27-20(14-15-4-2-1-3-5-15)22(32)28-24-30-29-23(33-24)17-8-12-19(26)13-9-17/h1-13,20H,14H2,(H,27,31)(H,28,30,32). The van der Waals surface area contributed by atoms with Gasteiger partial charge in [0, 0.05) is 27.0 Å². The van der Waals surface area contributed by atoms with E-state index in [-0.39, 0.29) is 11.8 Å². The highest BCUT2D eigenvalue weighted by Gasteiger charge is 2.23. The number of carbonyl (C=O) groups is 2. The molecule has 2 amide bonds. The van der Waals surface area contributed by atoms with Crippen molar-refractivity contribution >= 4 is 55.8 Å². The van der Waals surface area contributed by atoms with E-state index in [4.69, 9.17) is 11.6 Å². The summed E-state index contributed by atoms with van der Waals surface area (Å²) in [5, 5.41) is 15.5. The molecule has 4 rings (SSSR count). The molecule has 0 radical (unpaired) electrons. The van der Waals surface area contributed by atoms with Gasteiger partial charge in [0.1, 0.15) is 11.0 Å². The molecule has 0 bridgehead atoms. The Labute approximate surface area is 208 Å². The SMILES string of the molecule is O=C(NC(Cc1ccccc1)C(=O)Nc1nnc(-c2ccc(Cl)cc2)s1)c1ccc(Br)cc1. The Balaban J connectivity index is 1.50. The lowest BCUT2D eigenvalue weighted by Gasteiger charge is -2.18. The van der Waals surface area contributed by atoms with E-state index in [2.05, 4.69) is 36.8 Å². The summed E-state index contributed by atoms with van der Waals surface area (Å²) in [6, 6.07) is 22.9. The van der Waals surface area contributed by atoms with Gasteiger partial charge in [-0.15, -0.1) is 10.2 Å². The maximum Gasteiger partial charge on any atom is 0.251 e. The van der Waals surface area contributed by atoms with Crippen molar-refractivity contribution in [3.8, 4) is 10.6 Å². The van der Waals surface area contributed by atoms with Crippen molar-refractivity contribution in [2.24, 2.45) is 0 Å². The number of carbonyl (C=O) groups excluding carboxylic acids is 2. The molecule has 1 unspecified atom stereocenters. The summed E-state index contributed by atoms with van der Waals surface area (Å²) in [7, 11) is 0. The van der Waals surface area contributed by atoms with E-state index in [1.54, 1.807) is 36.4 Å². The lowest BCUT2D eigenvalue weighted by molar-refractivity contribution is -0.118. The lowest BCUT2D eigenvalue weighted by atomic mass is 10.0. The maximum atomic E-state index is 13.1. The van der Waals surface area contributed by atoms with Crippen LogP contribution in [0.2, 0.25) is 5.02 Å². The summed E-state index contributed by atoms with van der Waals surface area (Å²) >= 11 is 10.5. The summed E-state index contributed by atoms with van der Waals surface area (Å²) in [4.78, 5) is 25.9. The predicted octanol–water partition coefficient (Wildman–Crippen LogP) is 5.60. The average molecular weight is 542 g/mol. The minimum absolute atomic E-state index is 0.331. The Kier molecular flexibility index (Phi) is 7.49. The Morgan fingerprint density at radius 3 is 2.33 bits per heavy atom. The van der Waals surface area contributed by atoms with Gasteiger partial charge >= 0.3 is 0 Å². The predicted molar refractivity (Wildman–Crippen MR) is 135 cm³/mol. The highest BCUT2D eigenvalue weighted by atomic mass is 79.9. The van der Waals surface area contributed by atoms with Crippen LogP contribution in [0.5, 0.6) is 0 Å². The molecule has 0 aliphatic heterocycles. The fourth-order valence-electron chi connectivity index (χ4n) is 3.08. The number of rotatable bonds is 7. The molecular weight excluding hydrogens is 524 g/mol. The molecule has 33 heavy (non-hydrogen) atoms. The Bertz CT molecular complexity index is 1250. The van der Waals surface area contributed by atoms with Gasteiger partial charge in [0.2, 0.25) is 11.0 Å². The fraction of sp³-hybridized carbons (Fsp3) is 0.0833. The van der Waals surface area contributed by atoms with Crippen molar-refractivity contribution in [1.82, 2.24) is 15.5 Å². The zero-order valence-corrected chi connectivity index (χ0v) is 20.3. The number of benzene rings is 3. The lowest BCUT2D eigenvalue weighted by Crippen LogP contribution is -2.45. The summed E-state index contributed by atoms with van der Waals surface area (Å²) in [5.74, 6) is -0.708. The highest BCUT2D eigenvalue weighted by Crippen LogP contribution is 2.27. The second-order valence-corrected chi connectivity index (χ2v) is 9.46. The van der Waals surface area contributed by atoms with Gasteiger partial charge in [0.15, 0.2) is 0 Å². The van der Waals surface area contributed by atoms with Crippen LogP contribution in [0.3, 0.4) is 0 Å². The summed E-state index contributed by atoms with van der Waals surface area (Å²) in [6.45, 7) is 0. The van der Waals surface area contributed by atoms with Crippen molar-refractivity contribution in [3.05, 3.63) is 99.5 Å². The van der Waals surface area contributed by atoms with E-state index in [9.17, 15) is 9.59 Å². The van der Waals surface area contributed by atoms with E-state index in [1.165, 1.54) is 11.3 Å². The molecule has 1 heterocycles. The molecule has 0 fully saturated rings. The number of nitrogens with one attached hydrogen (secondary N) is 2. The summed E-state index contributed by atoms with van der Waals surface area (Å²) < 4.78 is 0.866. The Hall–Kier alpha value is -3.07. The topological polar surface area (TPSA) is 84.0 Å². The van der Waals surface area contributed by atoms with Crippen LogP contribution in [-0.2, 0) is 11.2 Å².